The zero-order valence-corrected chi connectivity index (χ0v) is 15.6. The summed E-state index contributed by atoms with van der Waals surface area (Å²) in [6.45, 7) is -5.17. The van der Waals surface area contributed by atoms with E-state index >= 15 is 0 Å². The fraction of sp³-hybridized carbons (Fsp3) is 1.00. The first-order valence-corrected chi connectivity index (χ1v) is 8.47. The average Bonchev–Trinajstić information content (AvgIpc) is 2.72. The summed E-state index contributed by atoms with van der Waals surface area (Å²) < 4.78 is 10.8. The van der Waals surface area contributed by atoms with Gasteiger partial charge < -0.3 is 35.0 Å². The number of hydrogen-bond acceptors (Lipinski definition) is 13. The molecule has 0 unspecified atom stereocenters. The van der Waals surface area contributed by atoms with Crippen LogP contribution in [0.4, 0.5) is 0 Å². The van der Waals surface area contributed by atoms with E-state index in [9.17, 15) is 40.3 Å². The van der Waals surface area contributed by atoms with Crippen molar-refractivity contribution in [1.29, 1.82) is 0 Å². The van der Waals surface area contributed by atoms with Gasteiger partial charge in [0.2, 0.25) is 0 Å². The lowest BCUT2D eigenvalue weighted by Crippen LogP contribution is -2.45. The van der Waals surface area contributed by atoms with Crippen LogP contribution in [0.2, 0.25) is 0 Å². The second-order valence-electron chi connectivity index (χ2n) is 7.14. The maximum Gasteiger partial charge on any atom is 0.0933 e. The van der Waals surface area contributed by atoms with Crippen LogP contribution >= 0.6 is 0 Å². The third kappa shape index (κ3) is 7.87. The number of aliphatic hydroxyl groups excluding tert-OH is 5. The molecule has 0 rings (SSSR count). The summed E-state index contributed by atoms with van der Waals surface area (Å²) in [7, 11) is 0. The first-order chi connectivity index (χ1) is 13.4. The van der Waals surface area contributed by atoms with E-state index in [2.05, 4.69) is 15.5 Å². The molecule has 0 saturated carbocycles. The number of aliphatic hydroxyl groups is 5. The van der Waals surface area contributed by atoms with Gasteiger partial charge in [0.1, 0.15) is 0 Å². The zero-order valence-electron chi connectivity index (χ0n) is 15.6. The topological polar surface area (TPSA) is 208 Å². The Kier molecular flexibility index (Phi) is 12.9. The molecule has 0 saturated heterocycles. The lowest BCUT2D eigenvalue weighted by molar-refractivity contribution is -0.0969. The molecule has 0 amide bonds. The fourth-order valence-corrected chi connectivity index (χ4v) is 2.23. The smallest absolute Gasteiger partial charge is 0.0933 e. The van der Waals surface area contributed by atoms with Gasteiger partial charge in [-0.3, -0.25) is 0 Å². The van der Waals surface area contributed by atoms with Gasteiger partial charge in [-0.1, -0.05) is 15.5 Å². The second-order valence-corrected chi connectivity index (χ2v) is 7.14. The highest BCUT2D eigenvalue weighted by molar-refractivity contribution is 4.85. The minimum atomic E-state index is -1.31. The molecule has 0 aromatic heterocycles. The standard InChI is InChI=1S/C15H29N3O10/c19-4-13(5-20,1-16-24)9-27-11-15(8-23,3-18-26)12-28-10-14(6-21,7-22)2-17-25/h19-23H,1-12H2. The van der Waals surface area contributed by atoms with Crippen LogP contribution in [0.1, 0.15) is 0 Å². The largest absolute Gasteiger partial charge is 0.396 e. The van der Waals surface area contributed by atoms with Crippen molar-refractivity contribution in [1.82, 2.24) is 0 Å². The minimum absolute atomic E-state index is 0.271. The van der Waals surface area contributed by atoms with Crippen LogP contribution in [0.15, 0.2) is 15.5 Å². The Bertz CT molecular complexity index is 425. The van der Waals surface area contributed by atoms with Crippen molar-refractivity contribution in [3.63, 3.8) is 0 Å². The van der Waals surface area contributed by atoms with Crippen LogP contribution in [-0.2, 0) is 9.47 Å². The molecule has 0 bridgehead atoms. The fourth-order valence-electron chi connectivity index (χ4n) is 2.23. The third-order valence-electron chi connectivity index (χ3n) is 4.51. The molecule has 13 nitrogen and oxygen atoms in total. The monoisotopic (exact) mass is 411 g/mol. The van der Waals surface area contributed by atoms with Crippen LogP contribution in [0.5, 0.6) is 0 Å². The second kappa shape index (κ2) is 13.7. The summed E-state index contributed by atoms with van der Waals surface area (Å²) >= 11 is 0. The van der Waals surface area contributed by atoms with Crippen molar-refractivity contribution in [2.75, 3.05) is 79.1 Å². The molecule has 0 aromatic rings. The summed E-state index contributed by atoms with van der Waals surface area (Å²) in [4.78, 5) is 31.8. The third-order valence-corrected chi connectivity index (χ3v) is 4.51. The molecule has 0 aliphatic rings. The van der Waals surface area contributed by atoms with Crippen molar-refractivity contribution in [2.45, 2.75) is 0 Å². The molecule has 0 fully saturated rings. The molecule has 28 heavy (non-hydrogen) atoms. The predicted molar refractivity (Wildman–Crippen MR) is 96.4 cm³/mol. The van der Waals surface area contributed by atoms with E-state index in [1.165, 1.54) is 0 Å². The van der Waals surface area contributed by atoms with Gasteiger partial charge in [-0.05, 0) is 0 Å². The molecule has 0 radical (unpaired) electrons. The quantitative estimate of drug-likeness (QED) is 0.151. The molecule has 0 spiro atoms. The Balaban J connectivity index is 5.00. The molecule has 0 heterocycles. The van der Waals surface area contributed by atoms with E-state index in [4.69, 9.17) is 9.47 Å². The van der Waals surface area contributed by atoms with Gasteiger partial charge in [-0.2, -0.15) is 14.7 Å². The van der Waals surface area contributed by atoms with Gasteiger partial charge in [-0.25, -0.2) is 0 Å². The van der Waals surface area contributed by atoms with Gasteiger partial charge in [0.05, 0.1) is 95.3 Å². The molecular weight excluding hydrogens is 382 g/mol. The normalized spacial score (nSPS) is 12.8. The van der Waals surface area contributed by atoms with E-state index in [1.807, 2.05) is 0 Å². The summed E-state index contributed by atoms with van der Waals surface area (Å²) in [6.07, 6.45) is 0. The Morgan fingerprint density at radius 3 is 1.00 bits per heavy atom. The number of rotatable bonds is 19. The van der Waals surface area contributed by atoms with Gasteiger partial charge in [0.25, 0.3) is 0 Å². The highest BCUT2D eigenvalue weighted by Crippen LogP contribution is 2.24. The van der Waals surface area contributed by atoms with Crippen LogP contribution < -0.4 is 0 Å². The van der Waals surface area contributed by atoms with E-state index in [-0.39, 0.29) is 26.4 Å². The predicted octanol–water partition coefficient (Wildman–Crippen LogP) is -1.76. The highest BCUT2D eigenvalue weighted by Gasteiger charge is 2.37. The molecular formula is C15H29N3O10. The summed E-state index contributed by atoms with van der Waals surface area (Å²) in [5.41, 5.74) is -3.91. The molecule has 5 N–H and O–H groups in total. The van der Waals surface area contributed by atoms with Crippen molar-refractivity contribution >= 4 is 0 Å². The molecule has 0 atom stereocenters. The molecule has 13 heteroatoms. The van der Waals surface area contributed by atoms with E-state index in [1.54, 1.807) is 0 Å². The van der Waals surface area contributed by atoms with Crippen molar-refractivity contribution in [2.24, 2.45) is 31.8 Å². The first kappa shape index (κ1) is 26.5. The summed E-state index contributed by atoms with van der Waals surface area (Å²) in [5, 5.41) is 55.3. The van der Waals surface area contributed by atoms with Gasteiger partial charge in [0, 0.05) is 0 Å². The van der Waals surface area contributed by atoms with E-state index < -0.39 is 68.9 Å². The number of nitrogens with zero attached hydrogens (tertiary/aromatic N) is 3. The maximum atomic E-state index is 10.8. The highest BCUT2D eigenvalue weighted by atomic mass is 16.5. The van der Waals surface area contributed by atoms with E-state index in [0.29, 0.717) is 0 Å². The van der Waals surface area contributed by atoms with E-state index in [0.717, 1.165) is 0 Å². The van der Waals surface area contributed by atoms with Crippen molar-refractivity contribution < 1.29 is 35.0 Å². The Morgan fingerprint density at radius 1 is 0.500 bits per heavy atom. The van der Waals surface area contributed by atoms with Gasteiger partial charge in [0.15, 0.2) is 0 Å². The molecule has 0 aliphatic carbocycles. The molecule has 0 aliphatic heterocycles. The number of hydrogen-bond donors (Lipinski definition) is 5. The first-order valence-electron chi connectivity index (χ1n) is 8.47. The van der Waals surface area contributed by atoms with Crippen LogP contribution in [0.3, 0.4) is 0 Å². The van der Waals surface area contributed by atoms with Gasteiger partial charge in [-0.15, -0.1) is 0 Å². The van der Waals surface area contributed by atoms with Gasteiger partial charge >= 0.3 is 0 Å². The lowest BCUT2D eigenvalue weighted by Gasteiger charge is -2.33. The summed E-state index contributed by atoms with van der Waals surface area (Å²) in [6, 6.07) is 0. The lowest BCUT2D eigenvalue weighted by atomic mass is 9.89. The summed E-state index contributed by atoms with van der Waals surface area (Å²) in [5.74, 6) is 0. The van der Waals surface area contributed by atoms with Crippen LogP contribution in [0, 0.1) is 31.0 Å². The van der Waals surface area contributed by atoms with Crippen LogP contribution in [-0.4, -0.2) is 105 Å². The minimum Gasteiger partial charge on any atom is -0.396 e. The average molecular weight is 411 g/mol. The molecule has 164 valence electrons. The Hall–Kier alpha value is -1.48. The maximum absolute atomic E-state index is 10.8. The SMILES string of the molecule is O=NCC(CO)(CO)COCC(CO)(CN=O)COCC(CO)(CO)CN=O. The Morgan fingerprint density at radius 2 is 0.750 bits per heavy atom. The zero-order chi connectivity index (χ0) is 21.5. The van der Waals surface area contributed by atoms with Crippen molar-refractivity contribution in [3.05, 3.63) is 14.7 Å². The number of nitroso groups, excluding NO2 is 3. The number of ether oxygens (including phenoxy) is 2. The Labute approximate surface area is 161 Å². The molecule has 0 aromatic carbocycles. The van der Waals surface area contributed by atoms with Crippen LogP contribution in [0.25, 0.3) is 0 Å². The van der Waals surface area contributed by atoms with Crippen molar-refractivity contribution in [3.8, 4) is 0 Å².